The molecule has 1 aromatic heterocycles. The van der Waals surface area contributed by atoms with Gasteiger partial charge in [0.05, 0.1) is 28.7 Å². The van der Waals surface area contributed by atoms with Crippen molar-refractivity contribution in [2.75, 3.05) is 12.8 Å². The van der Waals surface area contributed by atoms with Crippen molar-refractivity contribution in [3.8, 4) is 11.4 Å². The lowest BCUT2D eigenvalue weighted by Gasteiger charge is -2.45. The molecular formula is C35H47N5O3S. The van der Waals surface area contributed by atoms with E-state index >= 15 is 0 Å². The first-order valence-electron chi connectivity index (χ1n) is 16.5. The van der Waals surface area contributed by atoms with Gasteiger partial charge in [-0.3, -0.25) is 9.59 Å². The molecule has 44 heavy (non-hydrogen) atoms. The van der Waals surface area contributed by atoms with Gasteiger partial charge < -0.3 is 21.1 Å². The van der Waals surface area contributed by atoms with Gasteiger partial charge in [-0.15, -0.1) is 11.8 Å². The van der Waals surface area contributed by atoms with Crippen LogP contribution in [0.5, 0.6) is 5.75 Å². The van der Waals surface area contributed by atoms with Crippen molar-refractivity contribution in [2.45, 2.75) is 107 Å². The summed E-state index contributed by atoms with van der Waals surface area (Å²) in [6, 6.07) is 5.68. The average molecular weight is 618 g/mol. The Kier molecular flexibility index (Phi) is 9.36. The quantitative estimate of drug-likeness (QED) is 0.320. The lowest BCUT2D eigenvalue weighted by Crippen LogP contribution is -2.61. The first-order chi connectivity index (χ1) is 21.3. The highest BCUT2D eigenvalue weighted by atomic mass is 32.2. The molecule has 0 radical (unpaired) electrons. The molecule has 3 heterocycles. The number of amides is 1. The number of nitrogens with zero attached hydrogens (tertiary/aromatic N) is 3. The van der Waals surface area contributed by atoms with Crippen LogP contribution in [-0.2, 0) is 22.4 Å². The maximum atomic E-state index is 14.6. The van der Waals surface area contributed by atoms with Crippen molar-refractivity contribution in [3.63, 3.8) is 0 Å². The van der Waals surface area contributed by atoms with E-state index in [1.54, 1.807) is 17.8 Å². The van der Waals surface area contributed by atoms with Crippen molar-refractivity contribution in [1.82, 2.24) is 20.0 Å². The van der Waals surface area contributed by atoms with Gasteiger partial charge in [0, 0.05) is 30.6 Å². The van der Waals surface area contributed by atoms with Crippen molar-refractivity contribution in [2.24, 2.45) is 11.7 Å². The number of allylic oxidation sites excluding steroid dienone is 3. The van der Waals surface area contributed by atoms with Crippen LogP contribution in [0.25, 0.3) is 5.69 Å². The summed E-state index contributed by atoms with van der Waals surface area (Å²) < 4.78 is 1.93. The van der Waals surface area contributed by atoms with Crippen LogP contribution in [0.4, 0.5) is 0 Å². The van der Waals surface area contributed by atoms with Gasteiger partial charge in [-0.1, -0.05) is 38.0 Å². The lowest BCUT2D eigenvalue weighted by atomic mass is 9.80. The van der Waals surface area contributed by atoms with E-state index in [9.17, 15) is 14.7 Å². The van der Waals surface area contributed by atoms with E-state index < -0.39 is 0 Å². The van der Waals surface area contributed by atoms with Gasteiger partial charge in [-0.05, 0) is 93.4 Å². The monoisotopic (exact) mass is 617 g/mol. The van der Waals surface area contributed by atoms with Crippen molar-refractivity contribution >= 4 is 23.5 Å². The molecule has 6 rings (SSSR count). The molecule has 5 atom stereocenters. The molecule has 236 valence electrons. The van der Waals surface area contributed by atoms with Gasteiger partial charge in [0.1, 0.15) is 11.4 Å². The van der Waals surface area contributed by atoms with Gasteiger partial charge in [-0.2, -0.15) is 5.10 Å². The minimum Gasteiger partial charge on any atom is -0.506 e. The number of carbonyl (C=O) groups excluding carboxylic acids is 2. The number of rotatable bonds is 9. The second-order valence-corrected chi connectivity index (χ2v) is 14.1. The van der Waals surface area contributed by atoms with Crippen LogP contribution >= 0.6 is 11.8 Å². The first kappa shape index (κ1) is 31.1. The Morgan fingerprint density at radius 2 is 2.02 bits per heavy atom. The third-order valence-corrected chi connectivity index (χ3v) is 11.0. The minimum absolute atomic E-state index is 0.0448. The summed E-state index contributed by atoms with van der Waals surface area (Å²) >= 11 is 1.77. The highest BCUT2D eigenvalue weighted by Gasteiger charge is 2.45. The predicted molar refractivity (Wildman–Crippen MR) is 176 cm³/mol. The third kappa shape index (κ3) is 6.15. The van der Waals surface area contributed by atoms with E-state index in [0.29, 0.717) is 37.4 Å². The molecule has 1 saturated carbocycles. The maximum absolute atomic E-state index is 14.6. The number of unbranched alkanes of at least 4 members (excludes halogenated alkanes) is 1. The smallest absolute Gasteiger partial charge is 0.229 e. The zero-order chi connectivity index (χ0) is 31.0. The summed E-state index contributed by atoms with van der Waals surface area (Å²) in [4.78, 5) is 29.0. The van der Waals surface area contributed by atoms with Crippen LogP contribution in [0.15, 0.2) is 42.5 Å². The van der Waals surface area contributed by atoms with E-state index in [2.05, 4.69) is 36.0 Å². The second kappa shape index (κ2) is 13.2. The Labute approximate surface area is 265 Å². The van der Waals surface area contributed by atoms with E-state index in [4.69, 9.17) is 10.8 Å². The number of thioether (sulfide) groups is 1. The topological polar surface area (TPSA) is 113 Å². The number of carbonyl (C=O) groups is 2. The zero-order valence-electron chi connectivity index (χ0n) is 26.1. The summed E-state index contributed by atoms with van der Waals surface area (Å²) in [7, 11) is 0. The van der Waals surface area contributed by atoms with E-state index in [0.717, 1.165) is 61.0 Å². The number of benzene rings is 1. The summed E-state index contributed by atoms with van der Waals surface area (Å²) in [6.45, 7) is 6.41. The van der Waals surface area contributed by atoms with Gasteiger partial charge in [0.25, 0.3) is 0 Å². The Morgan fingerprint density at radius 3 is 2.73 bits per heavy atom. The number of nitrogens with two attached hydrogens (primary N) is 1. The van der Waals surface area contributed by atoms with Gasteiger partial charge in [-0.25, -0.2) is 4.68 Å². The number of hydrogen-bond donors (Lipinski definition) is 3. The van der Waals surface area contributed by atoms with E-state index in [-0.39, 0.29) is 46.9 Å². The fourth-order valence-corrected chi connectivity index (χ4v) is 8.37. The van der Waals surface area contributed by atoms with Crippen LogP contribution in [0.1, 0.15) is 99.2 Å². The normalized spacial score (nSPS) is 27.8. The number of ketones is 1. The molecular weight excluding hydrogens is 570 g/mol. The van der Waals surface area contributed by atoms with Gasteiger partial charge >= 0.3 is 0 Å². The molecule has 1 saturated heterocycles. The standard InChI is InChI=1S/C35H47N5O3S/c1-4-6-7-26-33(25(36)20-32(37-26)44-3)35(43)39-17-16-30-34-27(13-8-21(9-14-29(34)39)18-24(41)5-2)38-40(30)28-15-12-23(19-31(28)42)22-10-11-22/h5,12,15,18-19,22,25-26,29,32-33,37,42H,2,4,6-11,13-14,16-17,20,36H2,1,3H3/b21-18+/t25?,26?,29-,32?,33?/m0/s1. The first-order valence-corrected chi connectivity index (χ1v) is 17.8. The molecule has 8 nitrogen and oxygen atoms in total. The number of phenols is 1. The van der Waals surface area contributed by atoms with Gasteiger partial charge in [0.15, 0.2) is 5.78 Å². The Hall–Kier alpha value is -2.88. The summed E-state index contributed by atoms with van der Waals surface area (Å²) in [6.07, 6.45) is 14.8. The molecule has 2 aliphatic heterocycles. The molecule has 1 amide bonds. The van der Waals surface area contributed by atoms with E-state index in [1.165, 1.54) is 24.5 Å². The molecule has 9 heteroatoms. The van der Waals surface area contributed by atoms with Crippen LogP contribution < -0.4 is 11.1 Å². The third-order valence-electron chi connectivity index (χ3n) is 10.1. The Bertz CT molecular complexity index is 1450. The Balaban J connectivity index is 1.38. The number of phenolic OH excluding ortho intramolecular Hbond substituents is 1. The molecule has 4 unspecified atom stereocenters. The van der Waals surface area contributed by atoms with Crippen molar-refractivity contribution in [1.29, 1.82) is 0 Å². The summed E-state index contributed by atoms with van der Waals surface area (Å²) in [5.41, 5.74) is 12.9. The molecule has 1 aromatic carbocycles. The molecule has 0 bridgehead atoms. The van der Waals surface area contributed by atoms with Crippen LogP contribution in [-0.4, -0.2) is 61.7 Å². The second-order valence-electron chi connectivity index (χ2n) is 13.1. The van der Waals surface area contributed by atoms with Crippen LogP contribution in [0.2, 0.25) is 0 Å². The fraction of sp³-hybridized carbons (Fsp3) is 0.571. The fourth-order valence-electron chi connectivity index (χ4n) is 7.65. The summed E-state index contributed by atoms with van der Waals surface area (Å²) in [5.74, 6) is 0.545. The van der Waals surface area contributed by atoms with Crippen molar-refractivity contribution in [3.05, 3.63) is 65.0 Å². The molecule has 0 spiro atoms. The SMILES string of the molecule is C=CC(=O)/C=C1\CCc2nn(-c3ccc(C4CC4)cc3O)c3c2[C@H](CC1)N(C(=O)C1C(N)CC(SC)NC1CCCC)CC3. The molecule has 2 aliphatic carbocycles. The zero-order valence-corrected chi connectivity index (χ0v) is 27.0. The van der Waals surface area contributed by atoms with E-state index in [1.807, 2.05) is 16.8 Å². The number of nitrogens with one attached hydrogen (secondary N) is 1. The number of piperidine rings is 1. The maximum Gasteiger partial charge on any atom is 0.229 e. The molecule has 2 fully saturated rings. The van der Waals surface area contributed by atoms with Crippen LogP contribution in [0, 0.1) is 5.92 Å². The lowest BCUT2D eigenvalue weighted by molar-refractivity contribution is -0.141. The number of hydrogen-bond acceptors (Lipinski definition) is 7. The predicted octanol–water partition coefficient (Wildman–Crippen LogP) is 5.47. The molecule has 2 aromatic rings. The highest BCUT2D eigenvalue weighted by molar-refractivity contribution is 7.99. The van der Waals surface area contributed by atoms with Gasteiger partial charge in [0.2, 0.25) is 5.91 Å². The Morgan fingerprint density at radius 1 is 1.20 bits per heavy atom. The van der Waals surface area contributed by atoms with Crippen molar-refractivity contribution < 1.29 is 14.7 Å². The van der Waals surface area contributed by atoms with Crippen LogP contribution in [0.3, 0.4) is 0 Å². The number of aromatic hydroxyl groups is 1. The highest BCUT2D eigenvalue weighted by Crippen LogP contribution is 2.44. The largest absolute Gasteiger partial charge is 0.506 e. The molecule has 4 N–H and O–H groups in total. The minimum atomic E-state index is -0.285. The average Bonchev–Trinajstić information content (AvgIpc) is 3.81. The summed E-state index contributed by atoms with van der Waals surface area (Å²) in [5, 5.41) is 20.3. The molecule has 4 aliphatic rings. The number of aryl methyl sites for hydroxylation is 1. The number of aromatic nitrogens is 2.